The van der Waals surface area contributed by atoms with Crippen LogP contribution in [0, 0.1) is 6.92 Å². The van der Waals surface area contributed by atoms with Crippen molar-refractivity contribution in [3.05, 3.63) is 126 Å². The van der Waals surface area contributed by atoms with Gasteiger partial charge in [0, 0.05) is 62.0 Å². The summed E-state index contributed by atoms with van der Waals surface area (Å²) >= 11 is 0. The Bertz CT molecular complexity index is 2230. The lowest BCUT2D eigenvalue weighted by Crippen LogP contribution is -2.51. The van der Waals surface area contributed by atoms with Crippen molar-refractivity contribution >= 4 is 16.6 Å². The van der Waals surface area contributed by atoms with E-state index in [1.165, 1.54) is 5.69 Å². The number of rotatable bonds is 14. The molecule has 1 N–H and O–H groups in total. The van der Waals surface area contributed by atoms with Gasteiger partial charge >= 0.3 is 0 Å². The molecular weight excluding hydrogens is 715 g/mol. The van der Waals surface area contributed by atoms with E-state index in [-0.39, 0.29) is 18.0 Å². The quantitative estimate of drug-likeness (QED) is 0.117. The standard InChI is InChI=1S/C47H53N5O5/c1-33(30-54-38-18-20-39(21-19-38)57-44-16-10-15-43(53)34(44)2)51-25-27-52(28-26-51)37-17-22-40-42(29-37)50(3)49-46(40)41-23-24-45(55-31-35-11-6-4-7-12-35)48-47(41)56-32-36-13-8-5-9-14-36/h4-17,22-24,29,33,38-39,53H,18-21,25-28,30-32H2,1-3H3/t33-,38?,39?/m0/s1. The van der Waals surface area contributed by atoms with Gasteiger partial charge in [-0.3, -0.25) is 9.58 Å². The summed E-state index contributed by atoms with van der Waals surface area (Å²) in [6.07, 6.45) is 4.35. The number of hydrogen-bond acceptors (Lipinski definition) is 9. The number of aromatic hydroxyl groups is 1. The van der Waals surface area contributed by atoms with Crippen molar-refractivity contribution in [1.82, 2.24) is 19.7 Å². The Balaban J connectivity index is 0.879. The lowest BCUT2D eigenvalue weighted by Gasteiger charge is -2.39. The van der Waals surface area contributed by atoms with E-state index in [1.807, 2.05) is 104 Å². The molecule has 57 heavy (non-hydrogen) atoms. The summed E-state index contributed by atoms with van der Waals surface area (Å²) in [4.78, 5) is 9.86. The number of aryl methyl sites for hydroxylation is 1. The predicted octanol–water partition coefficient (Wildman–Crippen LogP) is 8.72. The van der Waals surface area contributed by atoms with E-state index in [4.69, 9.17) is 29.0 Å². The number of hydrogen-bond donors (Lipinski definition) is 1. The molecule has 2 fully saturated rings. The second-order valence-corrected chi connectivity index (χ2v) is 15.3. The van der Waals surface area contributed by atoms with Crippen LogP contribution in [0.4, 0.5) is 5.69 Å². The van der Waals surface area contributed by atoms with Crippen LogP contribution < -0.4 is 19.1 Å². The Morgan fingerprint density at radius 2 is 1.44 bits per heavy atom. The summed E-state index contributed by atoms with van der Waals surface area (Å²) < 4.78 is 27.1. The molecular formula is C47H53N5O5. The summed E-state index contributed by atoms with van der Waals surface area (Å²) in [6, 6.07) is 36.6. The molecule has 1 atom stereocenters. The summed E-state index contributed by atoms with van der Waals surface area (Å²) in [5, 5.41) is 16.1. The van der Waals surface area contributed by atoms with Crippen LogP contribution in [0.5, 0.6) is 23.3 Å². The molecule has 10 nitrogen and oxygen atoms in total. The highest BCUT2D eigenvalue weighted by atomic mass is 16.5. The zero-order valence-corrected chi connectivity index (χ0v) is 33.2. The van der Waals surface area contributed by atoms with Crippen LogP contribution in [-0.4, -0.2) is 75.8 Å². The molecule has 3 heterocycles. The summed E-state index contributed by atoms with van der Waals surface area (Å²) in [7, 11) is 2.00. The minimum absolute atomic E-state index is 0.165. The van der Waals surface area contributed by atoms with Crippen molar-refractivity contribution in [3.8, 4) is 34.5 Å². The molecule has 6 aromatic rings. The third-order valence-electron chi connectivity index (χ3n) is 11.4. The molecule has 0 bridgehead atoms. The fourth-order valence-corrected chi connectivity index (χ4v) is 7.92. The number of anilines is 1. The number of phenolic OH excluding ortho intramolecular Hbond substituents is 1. The minimum Gasteiger partial charge on any atom is -0.508 e. The van der Waals surface area contributed by atoms with Crippen LogP contribution in [0.2, 0.25) is 0 Å². The lowest BCUT2D eigenvalue weighted by atomic mass is 9.94. The monoisotopic (exact) mass is 767 g/mol. The molecule has 2 aromatic heterocycles. The fraction of sp³-hybridized carbons (Fsp3) is 0.362. The average molecular weight is 768 g/mol. The first-order valence-corrected chi connectivity index (χ1v) is 20.3. The molecule has 0 radical (unpaired) electrons. The molecule has 1 aliphatic heterocycles. The van der Waals surface area contributed by atoms with Gasteiger partial charge in [-0.2, -0.15) is 10.1 Å². The molecule has 0 spiro atoms. The second kappa shape index (κ2) is 17.7. The van der Waals surface area contributed by atoms with Gasteiger partial charge in [-0.05, 0) is 87.1 Å². The normalized spacial score (nSPS) is 18.1. The van der Waals surface area contributed by atoms with E-state index in [2.05, 4.69) is 34.9 Å². The van der Waals surface area contributed by atoms with Gasteiger partial charge in [-0.15, -0.1) is 0 Å². The number of nitrogens with zero attached hydrogens (tertiary/aromatic N) is 5. The Morgan fingerprint density at radius 1 is 0.754 bits per heavy atom. The fourth-order valence-electron chi connectivity index (χ4n) is 7.92. The SMILES string of the molecule is Cc1c(O)cccc1OC1CCC(OC[C@H](C)N2CCN(c3ccc4c(-c5ccc(OCc6ccccc6)nc5OCc5ccccc5)nn(C)c4c3)CC2)CC1. The number of pyridine rings is 1. The third-order valence-corrected chi connectivity index (χ3v) is 11.4. The summed E-state index contributed by atoms with van der Waals surface area (Å²) in [5.74, 6) is 2.05. The van der Waals surface area contributed by atoms with Crippen molar-refractivity contribution in [2.75, 3.05) is 37.7 Å². The largest absolute Gasteiger partial charge is 0.508 e. The molecule has 2 aliphatic rings. The van der Waals surface area contributed by atoms with Gasteiger partial charge in [-0.25, -0.2) is 0 Å². The predicted molar refractivity (Wildman–Crippen MR) is 224 cm³/mol. The smallest absolute Gasteiger partial charge is 0.226 e. The maximum absolute atomic E-state index is 10.0. The third kappa shape index (κ3) is 9.19. The molecule has 1 saturated carbocycles. The van der Waals surface area contributed by atoms with E-state index in [0.717, 1.165) is 103 Å². The molecule has 0 amide bonds. The minimum atomic E-state index is 0.165. The number of benzene rings is 4. The Morgan fingerprint density at radius 3 is 2.16 bits per heavy atom. The summed E-state index contributed by atoms with van der Waals surface area (Å²) in [6.45, 7) is 9.58. The first-order chi connectivity index (χ1) is 27.9. The van der Waals surface area contributed by atoms with Crippen molar-refractivity contribution in [3.63, 3.8) is 0 Å². The molecule has 10 heteroatoms. The van der Waals surface area contributed by atoms with Crippen LogP contribution >= 0.6 is 0 Å². The van der Waals surface area contributed by atoms with Gasteiger partial charge in [-0.1, -0.05) is 66.7 Å². The van der Waals surface area contributed by atoms with Gasteiger partial charge in [0.1, 0.15) is 30.4 Å². The van der Waals surface area contributed by atoms with Crippen molar-refractivity contribution in [2.45, 2.75) is 71.0 Å². The molecule has 0 unspecified atom stereocenters. The van der Waals surface area contributed by atoms with Gasteiger partial charge in [0.25, 0.3) is 0 Å². The van der Waals surface area contributed by atoms with Crippen molar-refractivity contribution < 1.29 is 24.1 Å². The Hall–Kier alpha value is -5.58. The maximum Gasteiger partial charge on any atom is 0.226 e. The highest BCUT2D eigenvalue weighted by Gasteiger charge is 2.27. The van der Waals surface area contributed by atoms with E-state index in [0.29, 0.717) is 31.0 Å². The van der Waals surface area contributed by atoms with Gasteiger partial charge in [0.2, 0.25) is 11.8 Å². The maximum atomic E-state index is 10.0. The van der Waals surface area contributed by atoms with E-state index >= 15 is 0 Å². The van der Waals surface area contributed by atoms with Crippen molar-refractivity contribution in [1.29, 1.82) is 0 Å². The zero-order chi connectivity index (χ0) is 39.1. The average Bonchev–Trinajstić information content (AvgIpc) is 3.59. The van der Waals surface area contributed by atoms with Gasteiger partial charge < -0.3 is 29.0 Å². The first-order valence-electron chi connectivity index (χ1n) is 20.3. The van der Waals surface area contributed by atoms with E-state index < -0.39 is 0 Å². The van der Waals surface area contributed by atoms with Gasteiger partial charge in [0.05, 0.1) is 29.9 Å². The molecule has 8 rings (SSSR count). The number of piperazine rings is 1. The zero-order valence-electron chi connectivity index (χ0n) is 33.2. The number of aromatic nitrogens is 3. The first kappa shape index (κ1) is 38.3. The second-order valence-electron chi connectivity index (χ2n) is 15.3. The number of phenols is 1. The van der Waals surface area contributed by atoms with E-state index in [1.54, 1.807) is 6.07 Å². The Labute approximate surface area is 335 Å². The topological polar surface area (TPSA) is 94.3 Å². The van der Waals surface area contributed by atoms with Crippen LogP contribution in [0.25, 0.3) is 22.2 Å². The lowest BCUT2D eigenvalue weighted by molar-refractivity contribution is -0.0222. The van der Waals surface area contributed by atoms with E-state index in [9.17, 15) is 5.11 Å². The highest BCUT2D eigenvalue weighted by molar-refractivity contribution is 5.96. The van der Waals surface area contributed by atoms with Crippen LogP contribution in [-0.2, 0) is 25.0 Å². The Kier molecular flexibility index (Phi) is 11.9. The van der Waals surface area contributed by atoms with Crippen LogP contribution in [0.1, 0.15) is 49.3 Å². The van der Waals surface area contributed by atoms with Crippen molar-refractivity contribution in [2.24, 2.45) is 7.05 Å². The molecule has 296 valence electrons. The van der Waals surface area contributed by atoms with Crippen LogP contribution in [0.3, 0.4) is 0 Å². The number of fused-ring (bicyclic) bond motifs is 1. The number of ether oxygens (including phenoxy) is 4. The summed E-state index contributed by atoms with van der Waals surface area (Å²) in [5.41, 5.74) is 6.85. The molecule has 4 aromatic carbocycles. The molecule has 1 aliphatic carbocycles. The molecule has 1 saturated heterocycles. The van der Waals surface area contributed by atoms with Crippen LogP contribution in [0.15, 0.2) is 109 Å². The highest BCUT2D eigenvalue weighted by Crippen LogP contribution is 2.37. The van der Waals surface area contributed by atoms with Gasteiger partial charge in [0.15, 0.2) is 0 Å².